The Morgan fingerprint density at radius 2 is 1.65 bits per heavy atom. The fourth-order valence-electron chi connectivity index (χ4n) is 5.79. The number of rotatable bonds is 3. The van der Waals surface area contributed by atoms with E-state index in [9.17, 15) is 0 Å². The van der Waals surface area contributed by atoms with Crippen molar-refractivity contribution in [1.82, 2.24) is 4.98 Å². The Hall–Kier alpha value is -4.02. The molecule has 1 atom stereocenters. The van der Waals surface area contributed by atoms with Crippen molar-refractivity contribution in [2.75, 3.05) is 4.90 Å². The molecule has 0 aliphatic carbocycles. The van der Waals surface area contributed by atoms with Gasteiger partial charge in [0.15, 0.2) is 5.58 Å². The number of nitrogens with zero attached hydrogens (tertiary/aromatic N) is 2. The van der Waals surface area contributed by atoms with Crippen LogP contribution in [0.2, 0.25) is 5.02 Å². The Kier molecular flexibility index (Phi) is 4.79. The summed E-state index contributed by atoms with van der Waals surface area (Å²) in [4.78, 5) is 7.14. The standard InChI is InChI=1S/C32H25ClN2O2/c1-31(2)25-12-6-8-14-27(25)35(20-21-10-4-3-5-11-21)32(31)17-16-22-18-23(33)19-24(29(22)37-32)30-34-26-13-7-9-15-28(26)36-30/h3-19H,20H2,1-2H3. The minimum Gasteiger partial charge on any atom is -0.462 e. The number of aromatic nitrogens is 1. The third-order valence-corrected chi connectivity index (χ3v) is 7.92. The smallest absolute Gasteiger partial charge is 0.231 e. The number of fused-ring (bicyclic) bond motifs is 3. The van der Waals surface area contributed by atoms with E-state index in [1.807, 2.05) is 42.5 Å². The van der Waals surface area contributed by atoms with E-state index in [2.05, 4.69) is 79.4 Å². The van der Waals surface area contributed by atoms with Crippen LogP contribution in [-0.2, 0) is 12.0 Å². The molecular formula is C32H25ClN2O2. The van der Waals surface area contributed by atoms with E-state index in [0.29, 0.717) is 17.5 Å². The van der Waals surface area contributed by atoms with Crippen LogP contribution in [0.5, 0.6) is 5.75 Å². The predicted molar refractivity (Wildman–Crippen MR) is 149 cm³/mol. The molecule has 5 heteroatoms. The van der Waals surface area contributed by atoms with E-state index < -0.39 is 5.72 Å². The van der Waals surface area contributed by atoms with Gasteiger partial charge < -0.3 is 14.1 Å². The van der Waals surface area contributed by atoms with Crippen molar-refractivity contribution >= 4 is 34.5 Å². The molecule has 4 aromatic carbocycles. The van der Waals surface area contributed by atoms with Crippen LogP contribution in [-0.4, -0.2) is 10.7 Å². The summed E-state index contributed by atoms with van der Waals surface area (Å²) in [5.41, 5.74) is 5.68. The highest BCUT2D eigenvalue weighted by molar-refractivity contribution is 6.31. The van der Waals surface area contributed by atoms with Gasteiger partial charge in [0, 0.05) is 22.8 Å². The number of hydrogen-bond acceptors (Lipinski definition) is 4. The highest BCUT2D eigenvalue weighted by atomic mass is 35.5. The molecule has 0 radical (unpaired) electrons. The minimum atomic E-state index is -0.770. The first-order chi connectivity index (χ1) is 18.0. The van der Waals surface area contributed by atoms with Crippen LogP contribution in [0.15, 0.2) is 101 Å². The molecule has 37 heavy (non-hydrogen) atoms. The van der Waals surface area contributed by atoms with E-state index in [1.165, 1.54) is 16.8 Å². The van der Waals surface area contributed by atoms with Gasteiger partial charge in [-0.15, -0.1) is 0 Å². The van der Waals surface area contributed by atoms with Crippen LogP contribution in [0.25, 0.3) is 28.6 Å². The maximum absolute atomic E-state index is 7.18. The maximum Gasteiger partial charge on any atom is 0.231 e. The molecule has 1 spiro atoms. The van der Waals surface area contributed by atoms with Gasteiger partial charge in [-0.05, 0) is 67.5 Å². The third kappa shape index (κ3) is 3.25. The summed E-state index contributed by atoms with van der Waals surface area (Å²) in [6.45, 7) is 5.20. The van der Waals surface area contributed by atoms with Crippen molar-refractivity contribution in [2.24, 2.45) is 0 Å². The van der Waals surface area contributed by atoms with Crippen LogP contribution in [0.3, 0.4) is 0 Å². The van der Waals surface area contributed by atoms with Crippen molar-refractivity contribution in [1.29, 1.82) is 0 Å². The lowest BCUT2D eigenvalue weighted by molar-refractivity contribution is 0.0526. The zero-order valence-corrected chi connectivity index (χ0v) is 21.4. The second-order valence-electron chi connectivity index (χ2n) is 10.2. The summed E-state index contributed by atoms with van der Waals surface area (Å²) in [5, 5.41) is 0.607. The Morgan fingerprint density at radius 3 is 2.49 bits per heavy atom. The number of para-hydroxylation sites is 3. The fourth-order valence-corrected chi connectivity index (χ4v) is 6.01. The SMILES string of the molecule is CC1(C)c2ccccc2N(Cc2ccccc2)C12C=Cc1cc(Cl)cc(-c3nc4ccccc4o3)c1O2. The van der Waals surface area contributed by atoms with Gasteiger partial charge in [0.2, 0.25) is 11.6 Å². The van der Waals surface area contributed by atoms with Gasteiger partial charge in [-0.1, -0.05) is 72.3 Å². The summed E-state index contributed by atoms with van der Waals surface area (Å²) in [5.74, 6) is 1.21. The molecule has 4 nitrogen and oxygen atoms in total. The molecule has 5 aromatic rings. The van der Waals surface area contributed by atoms with Crippen molar-refractivity contribution in [3.8, 4) is 17.2 Å². The normalized spacial score (nSPS) is 19.2. The summed E-state index contributed by atoms with van der Waals surface area (Å²) < 4.78 is 13.4. The summed E-state index contributed by atoms with van der Waals surface area (Å²) >= 11 is 6.58. The van der Waals surface area contributed by atoms with Gasteiger partial charge >= 0.3 is 0 Å². The molecule has 0 amide bonds. The molecule has 2 aliphatic heterocycles. The monoisotopic (exact) mass is 504 g/mol. The highest BCUT2D eigenvalue weighted by Crippen LogP contribution is 2.56. The van der Waals surface area contributed by atoms with E-state index >= 15 is 0 Å². The first-order valence-corrected chi connectivity index (χ1v) is 12.8. The Balaban J connectivity index is 1.42. The molecule has 2 aliphatic rings. The fraction of sp³-hybridized carbons (Fsp3) is 0.156. The molecule has 0 saturated carbocycles. The number of hydrogen-bond donors (Lipinski definition) is 0. The number of oxazole rings is 1. The van der Waals surface area contributed by atoms with Gasteiger partial charge in [0.1, 0.15) is 11.3 Å². The summed E-state index contributed by atoms with van der Waals surface area (Å²) in [6.07, 6.45) is 4.31. The van der Waals surface area contributed by atoms with Crippen LogP contribution < -0.4 is 9.64 Å². The average Bonchev–Trinajstić information content (AvgIpc) is 3.42. The first-order valence-electron chi connectivity index (χ1n) is 12.5. The van der Waals surface area contributed by atoms with E-state index in [4.69, 9.17) is 25.7 Å². The highest BCUT2D eigenvalue weighted by Gasteiger charge is 2.59. The zero-order chi connectivity index (χ0) is 25.2. The van der Waals surface area contributed by atoms with Crippen LogP contribution in [0, 0.1) is 0 Å². The Morgan fingerprint density at radius 1 is 0.892 bits per heavy atom. The van der Waals surface area contributed by atoms with Crippen molar-refractivity contribution in [3.63, 3.8) is 0 Å². The van der Waals surface area contributed by atoms with Gasteiger partial charge in [-0.2, -0.15) is 0 Å². The summed E-state index contributed by atoms with van der Waals surface area (Å²) in [6, 6.07) is 30.7. The number of halogens is 1. The molecule has 0 saturated heterocycles. The maximum atomic E-state index is 7.18. The quantitative estimate of drug-likeness (QED) is 0.248. The topological polar surface area (TPSA) is 38.5 Å². The van der Waals surface area contributed by atoms with Gasteiger partial charge in [0.25, 0.3) is 0 Å². The number of anilines is 1. The third-order valence-electron chi connectivity index (χ3n) is 7.70. The zero-order valence-electron chi connectivity index (χ0n) is 20.6. The van der Waals surface area contributed by atoms with Crippen LogP contribution in [0.1, 0.15) is 30.5 Å². The summed E-state index contributed by atoms with van der Waals surface area (Å²) in [7, 11) is 0. The van der Waals surface area contributed by atoms with Crippen LogP contribution in [0.4, 0.5) is 5.69 Å². The van der Waals surface area contributed by atoms with Crippen molar-refractivity contribution in [3.05, 3.63) is 119 Å². The second-order valence-corrected chi connectivity index (χ2v) is 10.6. The Labute approximate surface area is 220 Å². The number of ether oxygens (including phenoxy) is 1. The van der Waals surface area contributed by atoms with Crippen LogP contribution >= 0.6 is 11.6 Å². The molecule has 1 aromatic heterocycles. The van der Waals surface area contributed by atoms with E-state index in [1.54, 1.807) is 0 Å². The van der Waals surface area contributed by atoms with E-state index in [-0.39, 0.29) is 5.41 Å². The molecule has 0 fully saturated rings. The van der Waals surface area contributed by atoms with Crippen molar-refractivity contribution < 1.29 is 9.15 Å². The lowest BCUT2D eigenvalue weighted by Gasteiger charge is -2.47. The lowest BCUT2D eigenvalue weighted by Crippen LogP contribution is -2.59. The molecule has 3 heterocycles. The molecule has 1 unspecified atom stereocenters. The molecular weight excluding hydrogens is 480 g/mol. The average molecular weight is 505 g/mol. The molecule has 0 bridgehead atoms. The van der Waals surface area contributed by atoms with Gasteiger partial charge in [0.05, 0.1) is 11.0 Å². The largest absolute Gasteiger partial charge is 0.462 e. The molecule has 0 N–H and O–H groups in total. The van der Waals surface area contributed by atoms with Gasteiger partial charge in [-0.3, -0.25) is 0 Å². The lowest BCUT2D eigenvalue weighted by atomic mass is 9.76. The van der Waals surface area contributed by atoms with Crippen molar-refractivity contribution in [2.45, 2.75) is 31.5 Å². The second kappa shape index (κ2) is 7.99. The first kappa shape index (κ1) is 22.2. The number of benzene rings is 4. The van der Waals surface area contributed by atoms with Gasteiger partial charge in [-0.25, -0.2) is 4.98 Å². The minimum absolute atomic E-state index is 0.356. The predicted octanol–water partition coefficient (Wildman–Crippen LogP) is 8.25. The molecule has 182 valence electrons. The Bertz CT molecular complexity index is 1660. The van der Waals surface area contributed by atoms with E-state index in [0.717, 1.165) is 28.0 Å². The molecule has 7 rings (SSSR count).